The fraction of sp³-hybridized carbons (Fsp3) is 0.588. The first-order valence-electron chi connectivity index (χ1n) is 8.09. The summed E-state index contributed by atoms with van der Waals surface area (Å²) in [7, 11) is -3.24. The lowest BCUT2D eigenvalue weighted by Crippen LogP contribution is -2.46. The van der Waals surface area contributed by atoms with Gasteiger partial charge in [0, 0.05) is 13.1 Å². The molecule has 0 radical (unpaired) electrons. The van der Waals surface area contributed by atoms with Gasteiger partial charge in [-0.05, 0) is 24.3 Å². The Morgan fingerprint density at radius 2 is 1.91 bits per heavy atom. The minimum Gasteiger partial charge on any atom is -0.349 e. The smallest absolute Gasteiger partial charge is 0.224 e. The fourth-order valence-corrected chi connectivity index (χ4v) is 3.94. The Morgan fingerprint density at radius 1 is 1.26 bits per heavy atom. The average Bonchev–Trinajstić information content (AvgIpc) is 2.52. The van der Waals surface area contributed by atoms with Crippen molar-refractivity contribution in [2.75, 3.05) is 19.3 Å². The van der Waals surface area contributed by atoms with Gasteiger partial charge in [0.05, 0.1) is 18.2 Å². The van der Waals surface area contributed by atoms with Crippen LogP contribution in [0, 0.1) is 11.8 Å². The third kappa shape index (κ3) is 4.78. The Balaban J connectivity index is 2.07. The Labute approximate surface area is 139 Å². The zero-order valence-electron chi connectivity index (χ0n) is 14.0. The lowest BCUT2D eigenvalue weighted by Gasteiger charge is -2.32. The van der Waals surface area contributed by atoms with Crippen LogP contribution in [-0.4, -0.2) is 38.0 Å². The number of amides is 1. The molecule has 23 heavy (non-hydrogen) atoms. The van der Waals surface area contributed by atoms with E-state index in [1.807, 2.05) is 30.3 Å². The number of sulfonamides is 1. The largest absolute Gasteiger partial charge is 0.349 e. The van der Waals surface area contributed by atoms with E-state index in [4.69, 9.17) is 0 Å². The molecule has 2 atom stereocenters. The van der Waals surface area contributed by atoms with Crippen LogP contribution in [0.4, 0.5) is 0 Å². The predicted octanol–water partition coefficient (Wildman–Crippen LogP) is 2.17. The zero-order valence-corrected chi connectivity index (χ0v) is 14.8. The molecule has 1 amide bonds. The molecule has 1 aliphatic heterocycles. The summed E-state index contributed by atoms with van der Waals surface area (Å²) in [6, 6.07) is 9.83. The molecule has 0 bridgehead atoms. The van der Waals surface area contributed by atoms with Crippen molar-refractivity contribution < 1.29 is 13.2 Å². The number of hydrogen-bond donors (Lipinski definition) is 1. The van der Waals surface area contributed by atoms with E-state index in [2.05, 4.69) is 19.2 Å². The molecule has 1 aliphatic rings. The highest BCUT2D eigenvalue weighted by atomic mass is 32.2. The molecule has 1 aromatic rings. The van der Waals surface area contributed by atoms with Crippen LogP contribution in [0.1, 0.15) is 38.3 Å². The van der Waals surface area contributed by atoms with Gasteiger partial charge < -0.3 is 5.32 Å². The summed E-state index contributed by atoms with van der Waals surface area (Å²) in [6.07, 6.45) is 2.66. The number of nitrogens with one attached hydrogen (secondary N) is 1. The highest BCUT2D eigenvalue weighted by molar-refractivity contribution is 7.88. The molecule has 1 heterocycles. The van der Waals surface area contributed by atoms with Gasteiger partial charge in [-0.15, -0.1) is 0 Å². The van der Waals surface area contributed by atoms with Gasteiger partial charge in [-0.1, -0.05) is 44.2 Å². The van der Waals surface area contributed by atoms with Crippen molar-refractivity contribution in [1.29, 1.82) is 0 Å². The third-order valence-electron chi connectivity index (χ3n) is 4.35. The molecule has 128 valence electrons. The van der Waals surface area contributed by atoms with Gasteiger partial charge >= 0.3 is 0 Å². The number of rotatable bonds is 5. The Kier molecular flexibility index (Phi) is 5.81. The fourth-order valence-electron chi connectivity index (χ4n) is 3.02. The van der Waals surface area contributed by atoms with Crippen molar-refractivity contribution in [3.05, 3.63) is 35.9 Å². The third-order valence-corrected chi connectivity index (χ3v) is 5.62. The summed E-state index contributed by atoms with van der Waals surface area (Å²) in [5, 5.41) is 3.11. The number of piperidine rings is 1. The molecule has 1 saturated heterocycles. The molecule has 1 N–H and O–H groups in total. The quantitative estimate of drug-likeness (QED) is 0.895. The summed E-state index contributed by atoms with van der Waals surface area (Å²) >= 11 is 0. The van der Waals surface area contributed by atoms with Crippen LogP contribution in [0.3, 0.4) is 0 Å². The van der Waals surface area contributed by atoms with Gasteiger partial charge in [0.2, 0.25) is 15.9 Å². The molecule has 0 unspecified atom stereocenters. The Bertz CT molecular complexity index is 628. The van der Waals surface area contributed by atoms with Gasteiger partial charge in [0.25, 0.3) is 0 Å². The van der Waals surface area contributed by atoms with E-state index in [9.17, 15) is 13.2 Å². The van der Waals surface area contributed by atoms with Crippen molar-refractivity contribution in [2.24, 2.45) is 11.8 Å². The van der Waals surface area contributed by atoms with Crippen molar-refractivity contribution in [1.82, 2.24) is 9.62 Å². The zero-order chi connectivity index (χ0) is 17.0. The summed E-state index contributed by atoms with van der Waals surface area (Å²) < 4.78 is 24.8. The van der Waals surface area contributed by atoms with Crippen molar-refractivity contribution in [3.63, 3.8) is 0 Å². The van der Waals surface area contributed by atoms with Crippen molar-refractivity contribution >= 4 is 15.9 Å². The lowest BCUT2D eigenvalue weighted by molar-refractivity contribution is -0.127. The first-order chi connectivity index (χ1) is 10.8. The van der Waals surface area contributed by atoms with Gasteiger partial charge in [0.15, 0.2) is 0 Å². The molecule has 1 aromatic carbocycles. The van der Waals surface area contributed by atoms with Crippen LogP contribution in [0.5, 0.6) is 0 Å². The van der Waals surface area contributed by atoms with Gasteiger partial charge in [-0.25, -0.2) is 12.7 Å². The molecule has 5 nitrogen and oxygen atoms in total. The molecular formula is C17H26N2O3S. The first-order valence-corrected chi connectivity index (χ1v) is 9.94. The average molecular weight is 338 g/mol. The first kappa shape index (κ1) is 17.9. The molecule has 0 spiro atoms. The van der Waals surface area contributed by atoms with Crippen LogP contribution in [0.2, 0.25) is 0 Å². The molecule has 0 aliphatic carbocycles. The van der Waals surface area contributed by atoms with E-state index in [1.54, 1.807) is 0 Å². The van der Waals surface area contributed by atoms with E-state index in [1.165, 1.54) is 10.6 Å². The number of carbonyl (C=O) groups is 1. The van der Waals surface area contributed by atoms with Gasteiger partial charge in [0.1, 0.15) is 0 Å². The predicted molar refractivity (Wildman–Crippen MR) is 91.3 cm³/mol. The van der Waals surface area contributed by atoms with E-state index < -0.39 is 10.0 Å². The Morgan fingerprint density at radius 3 is 2.48 bits per heavy atom. The number of carbonyl (C=O) groups excluding carboxylic acids is 1. The highest BCUT2D eigenvalue weighted by Gasteiger charge is 2.31. The summed E-state index contributed by atoms with van der Waals surface area (Å²) in [6.45, 7) is 4.93. The van der Waals surface area contributed by atoms with Crippen LogP contribution < -0.4 is 5.32 Å². The van der Waals surface area contributed by atoms with Crippen LogP contribution >= 0.6 is 0 Å². The number of benzene rings is 1. The monoisotopic (exact) mass is 338 g/mol. The van der Waals surface area contributed by atoms with Crippen molar-refractivity contribution in [2.45, 2.75) is 32.7 Å². The second-order valence-corrected chi connectivity index (χ2v) is 8.58. The maximum absolute atomic E-state index is 12.6. The van der Waals surface area contributed by atoms with Crippen LogP contribution in [0.15, 0.2) is 30.3 Å². The van der Waals surface area contributed by atoms with E-state index in [-0.39, 0.29) is 30.3 Å². The van der Waals surface area contributed by atoms with Crippen LogP contribution in [-0.2, 0) is 14.8 Å². The van der Waals surface area contributed by atoms with Gasteiger partial charge in [-0.3, -0.25) is 4.79 Å². The number of nitrogens with zero attached hydrogens (tertiary/aromatic N) is 1. The molecule has 0 saturated carbocycles. The second kappa shape index (κ2) is 7.45. The minimum atomic E-state index is -3.24. The maximum atomic E-state index is 12.6. The molecule has 0 aromatic heterocycles. The lowest BCUT2D eigenvalue weighted by atomic mass is 9.93. The van der Waals surface area contributed by atoms with E-state index >= 15 is 0 Å². The molecule has 2 rings (SSSR count). The van der Waals surface area contributed by atoms with E-state index in [0.717, 1.165) is 18.4 Å². The molecule has 6 heteroatoms. The summed E-state index contributed by atoms with van der Waals surface area (Å²) in [4.78, 5) is 12.6. The minimum absolute atomic E-state index is 0.0547. The second-order valence-electron chi connectivity index (χ2n) is 6.60. The summed E-state index contributed by atoms with van der Waals surface area (Å²) in [5.74, 6) is -0.0692. The Hall–Kier alpha value is -1.40. The highest BCUT2D eigenvalue weighted by Crippen LogP contribution is 2.24. The van der Waals surface area contributed by atoms with Crippen molar-refractivity contribution in [3.8, 4) is 0 Å². The molecular weight excluding hydrogens is 312 g/mol. The maximum Gasteiger partial charge on any atom is 0.224 e. The standard InChI is InChI=1S/C17H26N2O3S/c1-13(2)16(14-8-5-4-6-9-14)18-17(20)15-10-7-11-19(12-15)23(3,21)22/h4-6,8-9,13,15-16H,7,10-12H2,1-3H3,(H,18,20)/t15-,16-/m0/s1. The molecule has 1 fully saturated rings. The van der Waals surface area contributed by atoms with E-state index in [0.29, 0.717) is 6.54 Å². The van der Waals surface area contributed by atoms with Crippen LogP contribution in [0.25, 0.3) is 0 Å². The SMILES string of the molecule is CC(C)[C@H](NC(=O)[C@H]1CCCN(S(C)(=O)=O)C1)c1ccccc1. The summed E-state index contributed by atoms with van der Waals surface area (Å²) in [5.41, 5.74) is 1.08. The number of hydrogen-bond acceptors (Lipinski definition) is 3. The normalized spacial score (nSPS) is 21.1. The topological polar surface area (TPSA) is 66.5 Å². The van der Waals surface area contributed by atoms with Gasteiger partial charge in [-0.2, -0.15) is 0 Å².